The molecule has 0 amide bonds. The molecule has 0 aliphatic heterocycles. The van der Waals surface area contributed by atoms with Gasteiger partial charge < -0.3 is 5.73 Å². The summed E-state index contributed by atoms with van der Waals surface area (Å²) in [6, 6.07) is 0.714. The van der Waals surface area contributed by atoms with Gasteiger partial charge in [-0.05, 0) is 22.0 Å². The first kappa shape index (κ1) is 18.5. The van der Waals surface area contributed by atoms with Crippen molar-refractivity contribution >= 4 is 43.2 Å². The van der Waals surface area contributed by atoms with Crippen molar-refractivity contribution in [1.82, 2.24) is 4.31 Å². The molecule has 4 nitrogen and oxygen atoms in total. The van der Waals surface area contributed by atoms with E-state index < -0.39 is 45.7 Å². The summed E-state index contributed by atoms with van der Waals surface area (Å²) in [6.07, 6.45) is -4.76. The van der Waals surface area contributed by atoms with Gasteiger partial charge in [0.05, 0.1) is 15.2 Å². The van der Waals surface area contributed by atoms with Crippen LogP contribution in [0.4, 0.5) is 23.2 Å². The minimum Gasteiger partial charge on any atom is -0.395 e. The van der Waals surface area contributed by atoms with Gasteiger partial charge in [0.1, 0.15) is 11.4 Å². The summed E-state index contributed by atoms with van der Waals surface area (Å²) in [6.45, 7) is -1.03. The van der Waals surface area contributed by atoms with Gasteiger partial charge >= 0.3 is 6.18 Å². The van der Waals surface area contributed by atoms with E-state index in [0.717, 1.165) is 0 Å². The third-order valence-corrected chi connectivity index (χ3v) is 5.78. The molecule has 0 spiro atoms. The molecule has 1 aromatic rings. The number of rotatable bonds is 4. The van der Waals surface area contributed by atoms with Crippen molar-refractivity contribution in [2.75, 3.05) is 18.8 Å². The summed E-state index contributed by atoms with van der Waals surface area (Å²) >= 11 is 8.53. The highest BCUT2D eigenvalue weighted by Crippen LogP contribution is 2.36. The van der Waals surface area contributed by atoms with Crippen molar-refractivity contribution in [2.24, 2.45) is 0 Å². The largest absolute Gasteiger partial charge is 0.402 e. The van der Waals surface area contributed by atoms with Crippen LogP contribution in [0.1, 0.15) is 6.92 Å². The van der Waals surface area contributed by atoms with Gasteiger partial charge in [-0.1, -0.05) is 18.5 Å². The summed E-state index contributed by atoms with van der Waals surface area (Å²) in [5.74, 6) is -1.35. The first-order chi connectivity index (χ1) is 9.41. The van der Waals surface area contributed by atoms with Crippen molar-refractivity contribution < 1.29 is 26.0 Å². The van der Waals surface area contributed by atoms with Crippen LogP contribution in [0.2, 0.25) is 5.02 Å². The van der Waals surface area contributed by atoms with Crippen LogP contribution in [0.3, 0.4) is 0 Å². The molecule has 0 bridgehead atoms. The van der Waals surface area contributed by atoms with E-state index in [2.05, 4.69) is 15.9 Å². The van der Waals surface area contributed by atoms with E-state index in [1.54, 1.807) is 0 Å². The molecule has 0 atom stereocenters. The minimum atomic E-state index is -4.76. The van der Waals surface area contributed by atoms with E-state index in [4.69, 9.17) is 17.3 Å². The maximum Gasteiger partial charge on any atom is 0.402 e. The molecule has 0 unspecified atom stereocenters. The molecule has 21 heavy (non-hydrogen) atoms. The van der Waals surface area contributed by atoms with Crippen LogP contribution in [-0.4, -0.2) is 32.0 Å². The molecule has 1 aromatic carbocycles. The summed E-state index contributed by atoms with van der Waals surface area (Å²) in [7, 11) is -4.72. The third-order valence-electron chi connectivity index (χ3n) is 2.48. The Balaban J connectivity index is 3.43. The molecule has 0 aromatic heterocycles. The standard InChI is InChI=1S/C10H10BrClF4N2O2S/c1-2-18(4-10(14,15)16)21(19,20)6-3-5(12)7(11)9(17)8(6)13/h3H,2,4,17H2,1H3. The van der Waals surface area contributed by atoms with E-state index >= 15 is 0 Å². The van der Waals surface area contributed by atoms with Crippen LogP contribution >= 0.6 is 27.5 Å². The number of nitrogen functional groups attached to an aromatic ring is 1. The second kappa shape index (κ2) is 6.27. The predicted octanol–water partition coefficient (Wildman–Crippen LogP) is 3.40. The minimum absolute atomic E-state index is 0.0699. The molecular weight excluding hydrogens is 404 g/mol. The van der Waals surface area contributed by atoms with Crippen molar-refractivity contribution in [3.8, 4) is 0 Å². The molecule has 0 radical (unpaired) electrons. The molecule has 0 fully saturated rings. The van der Waals surface area contributed by atoms with Crippen molar-refractivity contribution in [2.45, 2.75) is 18.0 Å². The molecule has 0 saturated heterocycles. The van der Waals surface area contributed by atoms with Crippen LogP contribution in [0, 0.1) is 5.82 Å². The highest BCUT2D eigenvalue weighted by Gasteiger charge is 2.38. The van der Waals surface area contributed by atoms with Gasteiger partial charge in [-0.25, -0.2) is 12.8 Å². The number of hydrogen-bond acceptors (Lipinski definition) is 3. The van der Waals surface area contributed by atoms with Gasteiger partial charge in [0.2, 0.25) is 10.0 Å². The Labute approximate surface area is 132 Å². The Morgan fingerprint density at radius 1 is 1.43 bits per heavy atom. The Morgan fingerprint density at radius 2 is 1.95 bits per heavy atom. The lowest BCUT2D eigenvalue weighted by molar-refractivity contribution is -0.135. The Bertz CT molecular complexity index is 651. The lowest BCUT2D eigenvalue weighted by atomic mass is 10.3. The SMILES string of the molecule is CCN(CC(F)(F)F)S(=O)(=O)c1cc(Cl)c(Br)c(N)c1F. The van der Waals surface area contributed by atoms with Gasteiger partial charge in [0.15, 0.2) is 5.82 Å². The number of halogens is 6. The fourth-order valence-corrected chi connectivity index (χ4v) is 3.59. The van der Waals surface area contributed by atoms with Gasteiger partial charge in [-0.15, -0.1) is 0 Å². The molecule has 1 rings (SSSR count). The average Bonchev–Trinajstić information content (AvgIpc) is 2.36. The van der Waals surface area contributed by atoms with Crippen LogP contribution in [0.25, 0.3) is 0 Å². The van der Waals surface area contributed by atoms with Crippen LogP contribution in [0.15, 0.2) is 15.4 Å². The number of alkyl halides is 3. The highest BCUT2D eigenvalue weighted by molar-refractivity contribution is 9.10. The maximum atomic E-state index is 14.0. The number of nitrogens with zero attached hydrogens (tertiary/aromatic N) is 1. The quantitative estimate of drug-likeness (QED) is 0.467. The lowest BCUT2D eigenvalue weighted by Crippen LogP contribution is -2.39. The second-order valence-electron chi connectivity index (χ2n) is 3.94. The first-order valence-corrected chi connectivity index (χ1v) is 8.02. The Hall–Kier alpha value is -0.580. The number of nitrogens with two attached hydrogens (primary N) is 1. The van der Waals surface area contributed by atoms with Gasteiger partial charge in [0.25, 0.3) is 0 Å². The summed E-state index contributed by atoms with van der Waals surface area (Å²) < 4.78 is 75.5. The molecule has 2 N–H and O–H groups in total. The normalized spacial score (nSPS) is 13.0. The number of anilines is 1. The van der Waals surface area contributed by atoms with E-state index in [9.17, 15) is 26.0 Å². The monoisotopic (exact) mass is 412 g/mol. The summed E-state index contributed by atoms with van der Waals surface area (Å²) in [5.41, 5.74) is 4.74. The topological polar surface area (TPSA) is 63.4 Å². The molecule has 0 heterocycles. The molecular formula is C10H10BrClF4N2O2S. The van der Waals surface area contributed by atoms with Crippen LogP contribution in [-0.2, 0) is 10.0 Å². The maximum absolute atomic E-state index is 14.0. The van der Waals surface area contributed by atoms with Crippen LogP contribution in [0.5, 0.6) is 0 Å². The van der Waals surface area contributed by atoms with Crippen molar-refractivity contribution in [3.63, 3.8) is 0 Å². The van der Waals surface area contributed by atoms with Gasteiger partial charge in [-0.2, -0.15) is 17.5 Å². The molecule has 120 valence electrons. The second-order valence-corrected chi connectivity index (χ2v) is 7.05. The van der Waals surface area contributed by atoms with Crippen molar-refractivity contribution in [3.05, 3.63) is 21.4 Å². The Morgan fingerprint density at radius 3 is 2.38 bits per heavy atom. The zero-order valence-corrected chi connectivity index (χ0v) is 13.7. The average molecular weight is 414 g/mol. The fraction of sp³-hybridized carbons (Fsp3) is 0.400. The van der Waals surface area contributed by atoms with Crippen LogP contribution < -0.4 is 5.73 Å². The number of hydrogen-bond donors (Lipinski definition) is 1. The van der Waals surface area contributed by atoms with E-state index in [1.807, 2.05) is 0 Å². The molecule has 0 aliphatic carbocycles. The number of sulfonamides is 1. The predicted molar refractivity (Wildman–Crippen MR) is 74.0 cm³/mol. The summed E-state index contributed by atoms with van der Waals surface area (Å²) in [5, 5.41) is -0.226. The van der Waals surface area contributed by atoms with E-state index in [-0.39, 0.29) is 13.8 Å². The smallest absolute Gasteiger partial charge is 0.395 e. The number of benzene rings is 1. The summed E-state index contributed by atoms with van der Waals surface area (Å²) in [4.78, 5) is -1.00. The third kappa shape index (κ3) is 3.99. The van der Waals surface area contributed by atoms with Crippen molar-refractivity contribution in [1.29, 1.82) is 0 Å². The van der Waals surface area contributed by atoms with E-state index in [1.165, 1.54) is 6.92 Å². The highest BCUT2D eigenvalue weighted by atomic mass is 79.9. The van der Waals surface area contributed by atoms with Gasteiger partial charge in [0, 0.05) is 6.54 Å². The first-order valence-electron chi connectivity index (χ1n) is 5.41. The van der Waals surface area contributed by atoms with Gasteiger partial charge in [-0.3, -0.25) is 0 Å². The zero-order valence-electron chi connectivity index (χ0n) is 10.5. The fourth-order valence-electron chi connectivity index (χ4n) is 1.49. The lowest BCUT2D eigenvalue weighted by Gasteiger charge is -2.22. The van der Waals surface area contributed by atoms with E-state index in [0.29, 0.717) is 6.07 Å². The Kier molecular flexibility index (Phi) is 5.51. The molecule has 0 saturated carbocycles. The molecule has 11 heteroatoms. The molecule has 0 aliphatic rings. The zero-order chi connectivity index (χ0) is 16.6.